The first-order valence-electron chi connectivity index (χ1n) is 9.48. The number of rotatable bonds is 6. The van der Waals surface area contributed by atoms with Crippen LogP contribution in [0.2, 0.25) is 0 Å². The number of amides is 2. The van der Waals surface area contributed by atoms with Crippen LogP contribution in [0.25, 0.3) is 0 Å². The molecule has 2 amide bonds. The van der Waals surface area contributed by atoms with Crippen molar-refractivity contribution in [2.24, 2.45) is 5.92 Å². The lowest BCUT2D eigenvalue weighted by atomic mass is 10.1. The van der Waals surface area contributed by atoms with Crippen LogP contribution in [0.3, 0.4) is 0 Å². The van der Waals surface area contributed by atoms with Crippen LogP contribution < -0.4 is 10.6 Å². The Labute approximate surface area is 159 Å². The first kappa shape index (κ1) is 19.4. The third kappa shape index (κ3) is 5.29. The maximum atomic E-state index is 13.0. The van der Waals surface area contributed by atoms with E-state index in [-0.39, 0.29) is 17.9 Å². The van der Waals surface area contributed by atoms with Crippen molar-refractivity contribution in [1.29, 1.82) is 0 Å². The lowest BCUT2D eigenvalue weighted by Crippen LogP contribution is -2.36. The number of hydrogen-bond donors (Lipinski definition) is 2. The van der Waals surface area contributed by atoms with Crippen LogP contribution in [0.15, 0.2) is 30.3 Å². The van der Waals surface area contributed by atoms with Gasteiger partial charge in [-0.1, -0.05) is 26.0 Å². The van der Waals surface area contributed by atoms with Gasteiger partial charge in [-0.2, -0.15) is 5.10 Å². The topological polar surface area (TPSA) is 62.2 Å². The zero-order valence-electron chi connectivity index (χ0n) is 16.2. The van der Waals surface area contributed by atoms with E-state index in [4.69, 9.17) is 0 Å². The average Bonchev–Trinajstić information content (AvgIpc) is 3.02. The molecule has 1 atom stereocenters. The van der Waals surface area contributed by atoms with Crippen molar-refractivity contribution in [3.63, 3.8) is 0 Å². The smallest absolute Gasteiger partial charge is 0.315 e. The summed E-state index contributed by atoms with van der Waals surface area (Å²) in [6.45, 7) is 10.6. The van der Waals surface area contributed by atoms with Gasteiger partial charge in [-0.15, -0.1) is 0 Å². The number of fused-ring (bicyclic) bond motifs is 1. The molecule has 1 aromatic carbocycles. The zero-order valence-corrected chi connectivity index (χ0v) is 16.2. The molecular formula is C20H28FN5O. The lowest BCUT2D eigenvalue weighted by molar-refractivity contribution is 0.192. The van der Waals surface area contributed by atoms with Crippen LogP contribution in [-0.4, -0.2) is 33.8 Å². The molecule has 6 nitrogen and oxygen atoms in total. The Kier molecular flexibility index (Phi) is 6.11. The predicted molar refractivity (Wildman–Crippen MR) is 103 cm³/mol. The molecule has 0 saturated heterocycles. The summed E-state index contributed by atoms with van der Waals surface area (Å²) in [5.41, 5.74) is 2.91. The van der Waals surface area contributed by atoms with Gasteiger partial charge in [0.15, 0.2) is 0 Å². The van der Waals surface area contributed by atoms with Crippen molar-refractivity contribution < 1.29 is 9.18 Å². The van der Waals surface area contributed by atoms with E-state index in [9.17, 15) is 9.18 Å². The van der Waals surface area contributed by atoms with Crippen molar-refractivity contribution in [2.45, 2.75) is 46.4 Å². The second-order valence-electron chi connectivity index (χ2n) is 7.58. The first-order valence-corrected chi connectivity index (χ1v) is 9.48. The highest BCUT2D eigenvalue weighted by Crippen LogP contribution is 2.15. The van der Waals surface area contributed by atoms with Crippen molar-refractivity contribution in [3.05, 3.63) is 53.1 Å². The van der Waals surface area contributed by atoms with E-state index < -0.39 is 0 Å². The SMILES string of the molecule is CC(C)CN1CCn2nc(CNC(=O)NC(C)c3ccc(F)cc3)cc2C1. The number of aromatic nitrogens is 2. The highest BCUT2D eigenvalue weighted by molar-refractivity contribution is 5.74. The summed E-state index contributed by atoms with van der Waals surface area (Å²) in [5.74, 6) is 0.360. The van der Waals surface area contributed by atoms with E-state index in [1.165, 1.54) is 17.8 Å². The molecule has 3 rings (SSSR count). The quantitative estimate of drug-likeness (QED) is 0.818. The van der Waals surface area contributed by atoms with Gasteiger partial charge < -0.3 is 10.6 Å². The van der Waals surface area contributed by atoms with E-state index in [0.717, 1.165) is 37.4 Å². The Hall–Kier alpha value is -2.41. The standard InChI is InChI=1S/C20H28FN5O/c1-14(2)12-25-8-9-26-19(13-25)10-18(24-26)11-22-20(27)23-15(3)16-4-6-17(21)7-5-16/h4-7,10,14-15H,8-9,11-13H2,1-3H3,(H2,22,23,27). The minimum Gasteiger partial charge on any atom is -0.332 e. The second-order valence-corrected chi connectivity index (χ2v) is 7.58. The normalized spacial score (nSPS) is 15.4. The van der Waals surface area contributed by atoms with Gasteiger partial charge in [0.05, 0.1) is 30.5 Å². The summed E-state index contributed by atoms with van der Waals surface area (Å²) in [6, 6.07) is 7.73. The fraction of sp³-hybridized carbons (Fsp3) is 0.500. The van der Waals surface area contributed by atoms with Crippen LogP contribution in [-0.2, 0) is 19.6 Å². The molecule has 1 unspecified atom stereocenters. The van der Waals surface area contributed by atoms with E-state index in [2.05, 4.69) is 40.5 Å². The van der Waals surface area contributed by atoms with Gasteiger partial charge in [0.25, 0.3) is 0 Å². The summed E-state index contributed by atoms with van der Waals surface area (Å²) in [7, 11) is 0. The second kappa shape index (κ2) is 8.52. The molecule has 2 aromatic rings. The maximum absolute atomic E-state index is 13.0. The zero-order chi connectivity index (χ0) is 19.4. The van der Waals surface area contributed by atoms with Crippen LogP contribution in [0.1, 0.15) is 43.8 Å². The number of carbonyl (C=O) groups excluding carboxylic acids is 1. The summed E-state index contributed by atoms with van der Waals surface area (Å²) in [6.07, 6.45) is 0. The lowest BCUT2D eigenvalue weighted by Gasteiger charge is -2.28. The number of benzene rings is 1. The molecule has 1 aliphatic rings. The van der Waals surface area contributed by atoms with Crippen LogP contribution in [0, 0.1) is 11.7 Å². The summed E-state index contributed by atoms with van der Waals surface area (Å²) in [4.78, 5) is 14.6. The molecule has 0 aliphatic carbocycles. The number of carbonyl (C=O) groups is 1. The highest BCUT2D eigenvalue weighted by atomic mass is 19.1. The summed E-state index contributed by atoms with van der Waals surface area (Å²) in [5, 5.41) is 10.3. The highest BCUT2D eigenvalue weighted by Gasteiger charge is 2.19. The molecule has 7 heteroatoms. The molecule has 2 heterocycles. The fourth-order valence-corrected chi connectivity index (χ4v) is 3.39. The Morgan fingerprint density at radius 1 is 1.22 bits per heavy atom. The van der Waals surface area contributed by atoms with Crippen LogP contribution in [0.5, 0.6) is 0 Å². The minimum absolute atomic E-state index is 0.203. The van der Waals surface area contributed by atoms with Gasteiger partial charge in [0.1, 0.15) is 5.82 Å². The number of urea groups is 1. The molecule has 0 saturated carbocycles. The van der Waals surface area contributed by atoms with E-state index in [0.29, 0.717) is 12.5 Å². The molecule has 0 spiro atoms. The van der Waals surface area contributed by atoms with Gasteiger partial charge in [0, 0.05) is 19.6 Å². The molecule has 146 valence electrons. The fourth-order valence-electron chi connectivity index (χ4n) is 3.39. The van der Waals surface area contributed by atoms with Gasteiger partial charge in [-0.05, 0) is 36.6 Å². The van der Waals surface area contributed by atoms with E-state index in [1.54, 1.807) is 12.1 Å². The third-order valence-corrected chi connectivity index (χ3v) is 4.70. The van der Waals surface area contributed by atoms with E-state index >= 15 is 0 Å². The Balaban J connectivity index is 1.49. The number of halogens is 1. The Morgan fingerprint density at radius 2 is 1.96 bits per heavy atom. The van der Waals surface area contributed by atoms with Crippen LogP contribution >= 0.6 is 0 Å². The minimum atomic E-state index is -0.286. The number of nitrogens with one attached hydrogen (secondary N) is 2. The van der Waals surface area contributed by atoms with Gasteiger partial charge in [-0.25, -0.2) is 9.18 Å². The molecule has 1 aromatic heterocycles. The van der Waals surface area contributed by atoms with Crippen molar-refractivity contribution >= 4 is 6.03 Å². The monoisotopic (exact) mass is 373 g/mol. The molecule has 0 bridgehead atoms. The van der Waals surface area contributed by atoms with Crippen LogP contribution in [0.4, 0.5) is 9.18 Å². The van der Waals surface area contributed by atoms with Crippen molar-refractivity contribution in [3.8, 4) is 0 Å². The van der Waals surface area contributed by atoms with Gasteiger partial charge in [-0.3, -0.25) is 9.58 Å². The van der Waals surface area contributed by atoms with Gasteiger partial charge in [0.2, 0.25) is 0 Å². The molecule has 0 radical (unpaired) electrons. The number of hydrogen-bond acceptors (Lipinski definition) is 3. The molecule has 1 aliphatic heterocycles. The summed E-state index contributed by atoms with van der Waals surface area (Å²) >= 11 is 0. The average molecular weight is 373 g/mol. The predicted octanol–water partition coefficient (Wildman–Crippen LogP) is 3.05. The third-order valence-electron chi connectivity index (χ3n) is 4.70. The molecular weight excluding hydrogens is 345 g/mol. The largest absolute Gasteiger partial charge is 0.332 e. The Morgan fingerprint density at radius 3 is 2.67 bits per heavy atom. The first-order chi connectivity index (χ1) is 12.9. The van der Waals surface area contributed by atoms with Gasteiger partial charge >= 0.3 is 6.03 Å². The number of nitrogens with zero attached hydrogens (tertiary/aromatic N) is 3. The molecule has 2 N–H and O–H groups in total. The Bertz CT molecular complexity index is 771. The van der Waals surface area contributed by atoms with E-state index in [1.807, 2.05) is 11.6 Å². The molecule has 0 fully saturated rings. The van der Waals surface area contributed by atoms with Crippen molar-refractivity contribution in [1.82, 2.24) is 25.3 Å². The summed E-state index contributed by atoms with van der Waals surface area (Å²) < 4.78 is 15.0. The molecule has 27 heavy (non-hydrogen) atoms. The van der Waals surface area contributed by atoms with Crippen molar-refractivity contribution in [2.75, 3.05) is 13.1 Å². The maximum Gasteiger partial charge on any atom is 0.315 e.